The predicted molar refractivity (Wildman–Crippen MR) is 105 cm³/mol. The van der Waals surface area contributed by atoms with Gasteiger partial charge in [-0.1, -0.05) is 0 Å². The summed E-state index contributed by atoms with van der Waals surface area (Å²) in [4.78, 5) is 41.2. The average molecular weight is 381 g/mol. The van der Waals surface area contributed by atoms with Crippen LogP contribution in [0.4, 0.5) is 0 Å². The maximum absolute atomic E-state index is 13.0. The summed E-state index contributed by atoms with van der Waals surface area (Å²) in [5.74, 6) is 0.253. The molecule has 0 unspecified atom stereocenters. The van der Waals surface area contributed by atoms with E-state index in [9.17, 15) is 9.59 Å². The summed E-state index contributed by atoms with van der Waals surface area (Å²) in [7, 11) is 0. The van der Waals surface area contributed by atoms with Crippen LogP contribution in [-0.4, -0.2) is 56.2 Å². The molecule has 7 nitrogen and oxygen atoms in total. The molecule has 0 radical (unpaired) electrons. The van der Waals surface area contributed by atoms with Gasteiger partial charge >= 0.3 is 0 Å². The summed E-state index contributed by atoms with van der Waals surface area (Å²) in [6.07, 6.45) is 8.69. The van der Waals surface area contributed by atoms with Crippen LogP contribution in [-0.2, 0) is 11.3 Å². The molecule has 0 aliphatic carbocycles. The Morgan fingerprint density at radius 2 is 2.07 bits per heavy atom. The first kappa shape index (κ1) is 18.7. The van der Waals surface area contributed by atoms with Crippen molar-refractivity contribution in [3.63, 3.8) is 0 Å². The van der Waals surface area contributed by atoms with Crippen LogP contribution in [0.1, 0.15) is 53.1 Å². The zero-order chi connectivity index (χ0) is 19.7. The van der Waals surface area contributed by atoms with Gasteiger partial charge in [-0.25, -0.2) is 0 Å². The van der Waals surface area contributed by atoms with Gasteiger partial charge in [0.1, 0.15) is 0 Å². The zero-order valence-electron chi connectivity index (χ0n) is 16.6. The van der Waals surface area contributed by atoms with Crippen molar-refractivity contribution in [2.24, 2.45) is 5.41 Å². The molecule has 2 aliphatic heterocycles. The number of aromatic amines is 1. The van der Waals surface area contributed by atoms with E-state index in [0.717, 1.165) is 48.5 Å². The van der Waals surface area contributed by atoms with Gasteiger partial charge in [-0.2, -0.15) is 0 Å². The van der Waals surface area contributed by atoms with Crippen molar-refractivity contribution in [2.75, 3.05) is 19.6 Å². The van der Waals surface area contributed by atoms with Crippen LogP contribution in [0.15, 0.2) is 24.7 Å². The van der Waals surface area contributed by atoms with Crippen LogP contribution in [0.3, 0.4) is 0 Å². The summed E-state index contributed by atoms with van der Waals surface area (Å²) in [5, 5.41) is 0. The fourth-order valence-corrected chi connectivity index (χ4v) is 4.51. The Balaban J connectivity index is 1.48. The van der Waals surface area contributed by atoms with E-state index < -0.39 is 0 Å². The van der Waals surface area contributed by atoms with E-state index in [0.29, 0.717) is 26.1 Å². The summed E-state index contributed by atoms with van der Waals surface area (Å²) >= 11 is 0. The molecule has 2 saturated heterocycles. The van der Waals surface area contributed by atoms with Crippen LogP contribution >= 0.6 is 0 Å². The number of hydrogen-bond donors (Lipinski definition) is 1. The van der Waals surface area contributed by atoms with Gasteiger partial charge in [0.25, 0.3) is 5.91 Å². The minimum Gasteiger partial charge on any atom is -0.365 e. The van der Waals surface area contributed by atoms with Gasteiger partial charge in [-0.3, -0.25) is 19.6 Å². The van der Waals surface area contributed by atoms with Crippen LogP contribution in [0.2, 0.25) is 0 Å². The standard InChI is InChI=1S/C21H27N5O2/c1-15-10-24-17(11-23-15)12-26-14-21(7-4-19(26)27)6-3-9-25(13-21)20(28)18-5-8-22-16(18)2/h5,8,10-11,22H,3-4,6-7,9,12-14H2,1-2H3/t21-/m0/s1. The van der Waals surface area contributed by atoms with Gasteiger partial charge in [0.05, 0.1) is 29.7 Å². The second-order valence-corrected chi connectivity index (χ2v) is 8.25. The van der Waals surface area contributed by atoms with E-state index in [1.165, 1.54) is 0 Å². The number of nitrogens with one attached hydrogen (secondary N) is 1. The molecule has 2 aromatic rings. The third-order valence-electron chi connectivity index (χ3n) is 6.07. The van der Waals surface area contributed by atoms with Crippen molar-refractivity contribution in [2.45, 2.75) is 46.1 Å². The fraction of sp³-hybridized carbons (Fsp3) is 0.524. The number of likely N-dealkylation sites (tertiary alicyclic amines) is 2. The molecule has 2 amide bonds. The Bertz CT molecular complexity index is 875. The predicted octanol–water partition coefficient (Wildman–Crippen LogP) is 2.47. The topological polar surface area (TPSA) is 82.2 Å². The second kappa shape index (κ2) is 7.37. The highest BCUT2D eigenvalue weighted by atomic mass is 16.2. The monoisotopic (exact) mass is 381 g/mol. The van der Waals surface area contributed by atoms with Crippen molar-refractivity contribution < 1.29 is 9.59 Å². The second-order valence-electron chi connectivity index (χ2n) is 8.25. The molecule has 4 heterocycles. The number of carbonyl (C=O) groups is 2. The molecule has 0 saturated carbocycles. The lowest BCUT2D eigenvalue weighted by Gasteiger charge is -2.48. The molecule has 148 valence electrons. The van der Waals surface area contributed by atoms with E-state index in [2.05, 4.69) is 15.0 Å². The molecule has 0 bridgehead atoms. The number of nitrogens with zero attached hydrogens (tertiary/aromatic N) is 4. The molecule has 2 aliphatic rings. The van der Waals surface area contributed by atoms with Gasteiger partial charge < -0.3 is 14.8 Å². The number of aromatic nitrogens is 3. The van der Waals surface area contributed by atoms with Crippen LogP contribution in [0.25, 0.3) is 0 Å². The van der Waals surface area contributed by atoms with E-state index in [1.807, 2.05) is 35.9 Å². The Labute approximate surface area is 165 Å². The van der Waals surface area contributed by atoms with E-state index in [4.69, 9.17) is 0 Å². The Kier molecular flexibility index (Phi) is 4.91. The molecule has 2 aromatic heterocycles. The largest absolute Gasteiger partial charge is 0.365 e. The lowest BCUT2D eigenvalue weighted by Crippen LogP contribution is -2.54. The highest BCUT2D eigenvalue weighted by Gasteiger charge is 2.43. The van der Waals surface area contributed by atoms with Crippen molar-refractivity contribution in [3.8, 4) is 0 Å². The molecule has 1 N–H and O–H groups in total. The highest BCUT2D eigenvalue weighted by Crippen LogP contribution is 2.39. The summed E-state index contributed by atoms with van der Waals surface area (Å²) in [5.41, 5.74) is 3.30. The van der Waals surface area contributed by atoms with Gasteiger partial charge in [-0.05, 0) is 39.2 Å². The zero-order valence-corrected chi connectivity index (χ0v) is 16.6. The SMILES string of the molecule is Cc1cnc(CN2C[C@@]3(CCCN(C(=O)c4cc[nH]c4C)C3)CCC2=O)cn1. The number of aryl methyl sites for hydroxylation is 2. The number of piperidine rings is 2. The van der Waals surface area contributed by atoms with E-state index >= 15 is 0 Å². The van der Waals surface area contributed by atoms with E-state index in [-0.39, 0.29) is 17.2 Å². The molecule has 0 aromatic carbocycles. The summed E-state index contributed by atoms with van der Waals surface area (Å²) < 4.78 is 0. The molecule has 4 rings (SSSR count). The lowest BCUT2D eigenvalue weighted by atomic mass is 9.73. The number of hydrogen-bond acceptors (Lipinski definition) is 4. The Morgan fingerprint density at radius 1 is 1.21 bits per heavy atom. The minimum absolute atomic E-state index is 0.0237. The van der Waals surface area contributed by atoms with Gasteiger partial charge in [0.2, 0.25) is 5.91 Å². The van der Waals surface area contributed by atoms with Gasteiger partial charge in [0.15, 0.2) is 0 Å². The van der Waals surface area contributed by atoms with Gasteiger partial charge in [-0.15, -0.1) is 0 Å². The fourth-order valence-electron chi connectivity index (χ4n) is 4.51. The quantitative estimate of drug-likeness (QED) is 0.885. The smallest absolute Gasteiger partial charge is 0.255 e. The normalized spacial score (nSPS) is 22.7. The molecule has 1 spiro atoms. The van der Waals surface area contributed by atoms with Crippen molar-refractivity contribution in [1.82, 2.24) is 24.8 Å². The first-order chi connectivity index (χ1) is 13.5. The average Bonchev–Trinajstić information content (AvgIpc) is 3.12. The Morgan fingerprint density at radius 3 is 2.79 bits per heavy atom. The van der Waals surface area contributed by atoms with Crippen LogP contribution in [0.5, 0.6) is 0 Å². The first-order valence-corrected chi connectivity index (χ1v) is 9.94. The minimum atomic E-state index is -0.0237. The number of rotatable bonds is 3. The Hall–Kier alpha value is -2.70. The van der Waals surface area contributed by atoms with Crippen LogP contribution < -0.4 is 0 Å². The van der Waals surface area contributed by atoms with Gasteiger partial charge in [0, 0.05) is 49.6 Å². The number of H-pyrrole nitrogens is 1. The lowest BCUT2D eigenvalue weighted by molar-refractivity contribution is -0.139. The molecular weight excluding hydrogens is 354 g/mol. The maximum atomic E-state index is 13.0. The van der Waals surface area contributed by atoms with Crippen molar-refractivity contribution >= 4 is 11.8 Å². The maximum Gasteiger partial charge on any atom is 0.255 e. The summed E-state index contributed by atoms with van der Waals surface area (Å²) in [6, 6.07) is 1.85. The highest BCUT2D eigenvalue weighted by molar-refractivity contribution is 5.95. The third-order valence-corrected chi connectivity index (χ3v) is 6.07. The summed E-state index contributed by atoms with van der Waals surface area (Å²) in [6.45, 7) is 6.48. The first-order valence-electron chi connectivity index (χ1n) is 9.94. The van der Waals surface area contributed by atoms with Crippen molar-refractivity contribution in [3.05, 3.63) is 47.3 Å². The molecule has 2 fully saturated rings. The molecular formula is C21H27N5O2. The number of carbonyl (C=O) groups excluding carboxylic acids is 2. The number of amides is 2. The third kappa shape index (κ3) is 3.66. The molecule has 1 atom stereocenters. The van der Waals surface area contributed by atoms with E-state index in [1.54, 1.807) is 12.4 Å². The van der Waals surface area contributed by atoms with Crippen molar-refractivity contribution in [1.29, 1.82) is 0 Å². The molecule has 7 heteroatoms. The van der Waals surface area contributed by atoms with Crippen LogP contribution in [0, 0.1) is 19.3 Å². The molecule has 28 heavy (non-hydrogen) atoms.